The van der Waals surface area contributed by atoms with Crippen molar-refractivity contribution in [2.75, 3.05) is 6.61 Å². The molecule has 0 fully saturated rings. The molecule has 0 aliphatic carbocycles. The lowest BCUT2D eigenvalue weighted by Gasteiger charge is -2.05. The van der Waals surface area contributed by atoms with Crippen LogP contribution in [-0.4, -0.2) is 12.4 Å². The minimum Gasteiger partial charge on any atom is -0.493 e. The van der Waals surface area contributed by atoms with Gasteiger partial charge < -0.3 is 4.74 Å². The van der Waals surface area contributed by atoms with Gasteiger partial charge in [0.1, 0.15) is 5.75 Å². The molecule has 0 saturated heterocycles. The lowest BCUT2D eigenvalue weighted by molar-refractivity contribution is 0.0983. The van der Waals surface area contributed by atoms with Crippen LogP contribution in [0.3, 0.4) is 0 Å². The van der Waals surface area contributed by atoms with Gasteiger partial charge in [-0.25, -0.2) is 0 Å². The molecule has 0 atom stereocenters. The van der Waals surface area contributed by atoms with E-state index in [2.05, 4.69) is 0 Å². The minimum absolute atomic E-state index is 0.0676. The first-order valence-corrected chi connectivity index (χ1v) is 4.36. The summed E-state index contributed by atoms with van der Waals surface area (Å²) >= 11 is 5.76. The predicted molar refractivity (Wildman–Crippen MR) is 50.5 cm³/mol. The number of carbonyl (C=O) groups is 1. The maximum Gasteiger partial charge on any atom is 0.166 e. The summed E-state index contributed by atoms with van der Waals surface area (Å²) in [7, 11) is 0. The number of rotatable bonds is 0. The second kappa shape index (κ2) is 3.38. The Balaban J connectivity index is 2.54. The Morgan fingerprint density at radius 2 is 2.38 bits per heavy atom. The maximum absolute atomic E-state index is 11.8. The molecule has 0 radical (unpaired) electrons. The Bertz CT molecular complexity index is 418. The van der Waals surface area contributed by atoms with Gasteiger partial charge >= 0.3 is 0 Å². The van der Waals surface area contributed by atoms with E-state index < -0.39 is 12.2 Å². The topological polar surface area (TPSA) is 26.3 Å². The highest BCUT2D eigenvalue weighted by Gasteiger charge is 2.16. The quantitative estimate of drug-likeness (QED) is 0.641. The molecular weight excluding hydrogens is 188 g/mol. The summed E-state index contributed by atoms with van der Waals surface area (Å²) < 4.78 is 20.4. The van der Waals surface area contributed by atoms with Gasteiger partial charge in [0, 0.05) is 14.1 Å². The number of hydrogen-bond acceptors (Lipinski definition) is 2. The molecule has 1 aliphatic rings. The molecule has 3 heteroatoms. The van der Waals surface area contributed by atoms with E-state index in [1.54, 1.807) is 12.1 Å². The van der Waals surface area contributed by atoms with Crippen LogP contribution < -0.4 is 4.74 Å². The number of benzene rings is 1. The van der Waals surface area contributed by atoms with E-state index in [-0.39, 0.29) is 18.6 Å². The van der Waals surface area contributed by atoms with E-state index in [9.17, 15) is 4.79 Å². The van der Waals surface area contributed by atoms with Gasteiger partial charge in [0.05, 0.1) is 12.2 Å². The molecule has 1 heterocycles. The lowest BCUT2D eigenvalue weighted by Crippen LogP contribution is -1.96. The first-order valence-electron chi connectivity index (χ1n) is 4.98. The van der Waals surface area contributed by atoms with Crippen molar-refractivity contribution >= 4 is 17.4 Å². The van der Waals surface area contributed by atoms with Crippen LogP contribution in [0.5, 0.6) is 5.75 Å². The van der Waals surface area contributed by atoms with Crippen molar-refractivity contribution in [3.8, 4) is 5.75 Å². The number of fused-ring (bicyclic) bond motifs is 1. The van der Waals surface area contributed by atoms with Gasteiger partial charge in [-0.15, -0.1) is 0 Å². The largest absolute Gasteiger partial charge is 0.493 e. The SMILES string of the molecule is [2H]C1([2H])CCOc2ccc(Cl)cc2C1=O. The molecule has 68 valence electrons. The summed E-state index contributed by atoms with van der Waals surface area (Å²) in [5, 5.41) is 0.406. The van der Waals surface area contributed by atoms with E-state index in [4.69, 9.17) is 19.1 Å². The number of hydrogen-bond donors (Lipinski definition) is 0. The number of carbonyl (C=O) groups excluding carboxylic acids is 1. The van der Waals surface area contributed by atoms with E-state index in [0.29, 0.717) is 10.8 Å². The van der Waals surface area contributed by atoms with Gasteiger partial charge in [0.25, 0.3) is 0 Å². The smallest absolute Gasteiger partial charge is 0.166 e. The minimum atomic E-state index is -1.87. The Morgan fingerprint density at radius 3 is 3.23 bits per heavy atom. The summed E-state index contributed by atoms with van der Waals surface area (Å²) in [5.41, 5.74) is 0.227. The van der Waals surface area contributed by atoms with Gasteiger partial charge in [0.15, 0.2) is 5.78 Å². The Kier molecular flexibility index (Phi) is 1.67. The molecule has 1 aliphatic heterocycles. The second-order valence-electron chi connectivity index (χ2n) is 2.74. The Hall–Kier alpha value is -1.02. The molecule has 2 nitrogen and oxygen atoms in total. The van der Waals surface area contributed by atoms with Crippen molar-refractivity contribution in [2.24, 2.45) is 0 Å². The summed E-state index contributed by atoms with van der Waals surface area (Å²) in [6, 6.07) is 4.66. The highest BCUT2D eigenvalue weighted by molar-refractivity contribution is 6.31. The fourth-order valence-electron chi connectivity index (χ4n) is 1.23. The molecular formula is C10H9ClO2. The highest BCUT2D eigenvalue weighted by Crippen LogP contribution is 2.26. The summed E-state index contributed by atoms with van der Waals surface area (Å²) in [6.45, 7) is 0.202. The molecule has 13 heavy (non-hydrogen) atoms. The van der Waals surface area contributed by atoms with E-state index in [0.717, 1.165) is 0 Å². The van der Waals surface area contributed by atoms with Gasteiger partial charge in [-0.3, -0.25) is 4.79 Å². The van der Waals surface area contributed by atoms with Crippen molar-refractivity contribution in [2.45, 2.75) is 12.8 Å². The van der Waals surface area contributed by atoms with Crippen molar-refractivity contribution in [1.29, 1.82) is 0 Å². The van der Waals surface area contributed by atoms with Gasteiger partial charge in [-0.2, -0.15) is 0 Å². The predicted octanol–water partition coefficient (Wildman–Crippen LogP) is 2.70. The fraction of sp³-hybridized carbons (Fsp3) is 0.300. The summed E-state index contributed by atoms with van der Waals surface area (Å²) in [4.78, 5) is 11.8. The Morgan fingerprint density at radius 1 is 1.54 bits per heavy atom. The zero-order valence-corrected chi connectivity index (χ0v) is 7.60. The molecule has 0 spiro atoms. The molecule has 1 aromatic rings. The normalized spacial score (nSPS) is 22.1. The van der Waals surface area contributed by atoms with Gasteiger partial charge in [0.2, 0.25) is 0 Å². The standard InChI is InChI=1S/C10H9ClO2/c11-7-3-4-10-8(6-7)9(12)2-1-5-13-10/h3-4,6H,1-2,5H2/i2D2. The maximum atomic E-state index is 11.8. The van der Waals surface area contributed by atoms with Crippen LogP contribution in [0.15, 0.2) is 18.2 Å². The Labute approximate surface area is 84.3 Å². The third-order valence-electron chi connectivity index (χ3n) is 1.83. The molecule has 0 saturated carbocycles. The zero-order valence-electron chi connectivity index (χ0n) is 8.84. The van der Waals surface area contributed by atoms with Crippen molar-refractivity contribution < 1.29 is 12.3 Å². The van der Waals surface area contributed by atoms with Crippen LogP contribution in [0.25, 0.3) is 0 Å². The molecule has 0 aromatic heterocycles. The fourth-order valence-corrected chi connectivity index (χ4v) is 1.40. The first-order chi connectivity index (χ1) is 7.00. The number of Topliss-reactive ketones (excluding diaryl/α,β-unsaturated/α-hetero) is 1. The van der Waals surface area contributed by atoms with Crippen LogP contribution in [0, 0.1) is 0 Å². The van der Waals surface area contributed by atoms with Crippen molar-refractivity contribution in [1.82, 2.24) is 0 Å². The van der Waals surface area contributed by atoms with Crippen LogP contribution in [0.1, 0.15) is 25.9 Å². The number of ether oxygens (including phenoxy) is 1. The zero-order chi connectivity index (χ0) is 11.1. The molecule has 0 bridgehead atoms. The average molecular weight is 199 g/mol. The molecule has 0 unspecified atom stereocenters. The molecule has 2 rings (SSSR count). The number of ketones is 1. The molecule has 0 amide bonds. The second-order valence-corrected chi connectivity index (χ2v) is 3.18. The molecule has 1 aromatic carbocycles. The summed E-state index contributed by atoms with van der Waals surface area (Å²) in [6.07, 6.45) is -1.80. The third-order valence-corrected chi connectivity index (χ3v) is 2.07. The van der Waals surface area contributed by atoms with E-state index in [1.807, 2.05) is 0 Å². The lowest BCUT2D eigenvalue weighted by atomic mass is 10.1. The third kappa shape index (κ3) is 1.68. The molecule has 0 N–H and O–H groups in total. The van der Waals surface area contributed by atoms with Crippen LogP contribution >= 0.6 is 11.6 Å². The average Bonchev–Trinajstić information content (AvgIpc) is 2.27. The van der Waals surface area contributed by atoms with Crippen LogP contribution in [0.2, 0.25) is 5.02 Å². The van der Waals surface area contributed by atoms with Crippen molar-refractivity contribution in [3.05, 3.63) is 28.8 Å². The van der Waals surface area contributed by atoms with Crippen LogP contribution in [0.4, 0.5) is 0 Å². The van der Waals surface area contributed by atoms with Gasteiger partial charge in [-0.1, -0.05) is 11.6 Å². The van der Waals surface area contributed by atoms with Crippen LogP contribution in [-0.2, 0) is 0 Å². The van der Waals surface area contributed by atoms with Gasteiger partial charge in [-0.05, 0) is 24.6 Å². The summed E-state index contributed by atoms with van der Waals surface area (Å²) in [5.74, 6) is -0.150. The first kappa shape index (κ1) is 6.44. The van der Waals surface area contributed by atoms with E-state index in [1.165, 1.54) is 6.07 Å². The van der Waals surface area contributed by atoms with Crippen molar-refractivity contribution in [3.63, 3.8) is 0 Å². The van der Waals surface area contributed by atoms with E-state index >= 15 is 0 Å². The highest BCUT2D eigenvalue weighted by atomic mass is 35.5. The monoisotopic (exact) mass is 198 g/mol. The number of halogens is 1.